The normalized spacial score (nSPS) is 30.0. The lowest BCUT2D eigenvalue weighted by atomic mass is 9.64. The molecule has 3 aliphatic rings. The number of aromatic nitrogens is 1. The number of aliphatic hydroxyl groups is 1. The fraction of sp³-hybridized carbons (Fsp3) is 0.292. The SMILES string of the molecule is CN1c2ccccc2C2(C)C3=C(c4c([nH]c5ccccc45)C12)C(C)(O)N(C)C3=O. The van der Waals surface area contributed by atoms with Crippen LogP contribution in [0.15, 0.2) is 54.1 Å². The number of amides is 1. The van der Waals surface area contributed by atoms with E-state index < -0.39 is 11.1 Å². The number of rotatable bonds is 0. The van der Waals surface area contributed by atoms with Crippen molar-refractivity contribution in [2.24, 2.45) is 0 Å². The van der Waals surface area contributed by atoms with Gasteiger partial charge in [0.1, 0.15) is 0 Å². The van der Waals surface area contributed by atoms with E-state index in [0.717, 1.165) is 39.0 Å². The van der Waals surface area contributed by atoms with Crippen LogP contribution in [0.1, 0.15) is 36.7 Å². The molecule has 1 aliphatic carbocycles. The summed E-state index contributed by atoms with van der Waals surface area (Å²) in [5.41, 5.74) is 4.84. The van der Waals surface area contributed by atoms with Crippen LogP contribution in [0.5, 0.6) is 0 Å². The van der Waals surface area contributed by atoms with Crippen LogP contribution in [0, 0.1) is 0 Å². The van der Waals surface area contributed by atoms with E-state index in [1.807, 2.05) is 24.3 Å². The Bertz CT molecular complexity index is 1270. The van der Waals surface area contributed by atoms with Crippen molar-refractivity contribution in [3.05, 3.63) is 70.9 Å². The third kappa shape index (κ3) is 1.66. The molecule has 0 saturated heterocycles. The Hall–Kier alpha value is -3.05. The highest BCUT2D eigenvalue weighted by Gasteiger charge is 2.62. The van der Waals surface area contributed by atoms with Gasteiger partial charge in [0.2, 0.25) is 0 Å². The number of likely N-dealkylation sites (N-methyl/N-ethyl adjacent to an activating group) is 2. The van der Waals surface area contributed by atoms with E-state index in [1.165, 1.54) is 4.90 Å². The Morgan fingerprint density at radius 3 is 2.48 bits per heavy atom. The molecule has 5 nitrogen and oxygen atoms in total. The van der Waals surface area contributed by atoms with E-state index >= 15 is 0 Å². The van der Waals surface area contributed by atoms with Gasteiger partial charge in [0.05, 0.1) is 11.5 Å². The average Bonchev–Trinajstić information content (AvgIpc) is 3.25. The molecule has 6 rings (SSSR count). The summed E-state index contributed by atoms with van der Waals surface area (Å²) in [6, 6.07) is 16.4. The van der Waals surface area contributed by atoms with Gasteiger partial charge in [0.15, 0.2) is 5.72 Å². The highest BCUT2D eigenvalue weighted by atomic mass is 16.3. The van der Waals surface area contributed by atoms with Gasteiger partial charge in [-0.3, -0.25) is 4.79 Å². The molecule has 5 heteroatoms. The zero-order valence-corrected chi connectivity index (χ0v) is 16.9. The highest BCUT2D eigenvalue weighted by Crippen LogP contribution is 2.64. The third-order valence-electron chi connectivity index (χ3n) is 7.45. The van der Waals surface area contributed by atoms with Gasteiger partial charge < -0.3 is 19.9 Å². The van der Waals surface area contributed by atoms with Crippen molar-refractivity contribution in [2.45, 2.75) is 31.0 Å². The predicted molar refractivity (Wildman–Crippen MR) is 114 cm³/mol. The maximum atomic E-state index is 13.6. The highest BCUT2D eigenvalue weighted by molar-refractivity contribution is 6.15. The van der Waals surface area contributed by atoms with Crippen molar-refractivity contribution in [1.29, 1.82) is 0 Å². The van der Waals surface area contributed by atoms with Crippen molar-refractivity contribution >= 4 is 28.1 Å². The fourth-order valence-electron chi connectivity index (χ4n) is 6.01. The monoisotopic (exact) mass is 385 g/mol. The van der Waals surface area contributed by atoms with Gasteiger partial charge in [0, 0.05) is 53.1 Å². The minimum atomic E-state index is -1.36. The summed E-state index contributed by atoms with van der Waals surface area (Å²) in [5, 5.41) is 12.6. The molecule has 0 spiro atoms. The first kappa shape index (κ1) is 16.9. The van der Waals surface area contributed by atoms with E-state index in [2.05, 4.69) is 48.1 Å². The molecule has 0 fully saturated rings. The molecule has 29 heavy (non-hydrogen) atoms. The standard InChI is InChI=1S/C24H23N3O2/c1-23-14-10-6-8-12-16(14)26(3)21(23)20-17(13-9-5-7-11-15(13)25-20)18-19(23)22(28)27(4)24(18,2)29/h5-12,21,25,29H,1-4H3. The van der Waals surface area contributed by atoms with Crippen LogP contribution < -0.4 is 4.90 Å². The third-order valence-corrected chi connectivity index (χ3v) is 7.45. The van der Waals surface area contributed by atoms with E-state index in [-0.39, 0.29) is 11.9 Å². The van der Waals surface area contributed by atoms with Gasteiger partial charge in [-0.05, 0) is 31.5 Å². The van der Waals surface area contributed by atoms with Crippen molar-refractivity contribution in [3.63, 3.8) is 0 Å². The van der Waals surface area contributed by atoms with E-state index in [9.17, 15) is 9.90 Å². The zero-order chi connectivity index (χ0) is 20.3. The van der Waals surface area contributed by atoms with Crippen molar-refractivity contribution in [2.75, 3.05) is 19.0 Å². The lowest BCUT2D eigenvalue weighted by Crippen LogP contribution is -2.42. The number of para-hydroxylation sites is 2. The Labute approximate surface area is 169 Å². The van der Waals surface area contributed by atoms with Crippen LogP contribution >= 0.6 is 0 Å². The maximum absolute atomic E-state index is 13.6. The lowest BCUT2D eigenvalue weighted by Gasteiger charge is -2.40. The summed E-state index contributed by atoms with van der Waals surface area (Å²) in [5.74, 6) is -0.0986. The zero-order valence-electron chi connectivity index (χ0n) is 16.9. The van der Waals surface area contributed by atoms with Crippen LogP contribution in [-0.4, -0.2) is 40.7 Å². The number of hydrogen-bond acceptors (Lipinski definition) is 3. The number of anilines is 1. The van der Waals surface area contributed by atoms with Crippen molar-refractivity contribution < 1.29 is 9.90 Å². The van der Waals surface area contributed by atoms with Gasteiger partial charge in [-0.2, -0.15) is 0 Å². The molecule has 3 atom stereocenters. The first-order chi connectivity index (χ1) is 13.8. The number of carbonyl (C=O) groups is 1. The number of H-pyrrole nitrogens is 1. The topological polar surface area (TPSA) is 59.6 Å². The molecule has 0 radical (unpaired) electrons. The Balaban J connectivity index is 1.82. The second-order valence-electron chi connectivity index (χ2n) is 8.83. The lowest BCUT2D eigenvalue weighted by molar-refractivity contribution is -0.136. The summed E-state index contributed by atoms with van der Waals surface area (Å²) in [6.07, 6.45) is 0. The van der Waals surface area contributed by atoms with Crippen molar-refractivity contribution in [3.8, 4) is 0 Å². The van der Waals surface area contributed by atoms with Crippen molar-refractivity contribution in [1.82, 2.24) is 9.88 Å². The molecule has 146 valence electrons. The number of hydrogen-bond donors (Lipinski definition) is 2. The van der Waals surface area contributed by atoms with Gasteiger partial charge in [-0.1, -0.05) is 36.4 Å². The summed E-state index contributed by atoms with van der Waals surface area (Å²) < 4.78 is 0. The van der Waals surface area contributed by atoms with Gasteiger partial charge in [-0.15, -0.1) is 0 Å². The minimum absolute atomic E-state index is 0.0488. The number of benzene rings is 2. The minimum Gasteiger partial charge on any atom is -0.367 e. The molecular weight excluding hydrogens is 362 g/mol. The van der Waals surface area contributed by atoms with Gasteiger partial charge in [-0.25, -0.2) is 0 Å². The molecule has 2 N–H and O–H groups in total. The number of nitrogens with one attached hydrogen (secondary N) is 1. The molecule has 2 aromatic carbocycles. The second-order valence-corrected chi connectivity index (χ2v) is 8.83. The fourth-order valence-corrected chi connectivity index (χ4v) is 6.01. The van der Waals surface area contributed by atoms with E-state index in [0.29, 0.717) is 5.57 Å². The molecule has 1 amide bonds. The van der Waals surface area contributed by atoms with E-state index in [1.54, 1.807) is 14.0 Å². The first-order valence-electron chi connectivity index (χ1n) is 9.98. The molecule has 3 unspecified atom stereocenters. The summed E-state index contributed by atoms with van der Waals surface area (Å²) in [6.45, 7) is 3.88. The Morgan fingerprint density at radius 2 is 1.69 bits per heavy atom. The van der Waals surface area contributed by atoms with Crippen LogP contribution in [0.2, 0.25) is 0 Å². The number of fused-ring (bicyclic) bond motifs is 9. The Morgan fingerprint density at radius 1 is 1.00 bits per heavy atom. The van der Waals surface area contributed by atoms with E-state index in [4.69, 9.17) is 0 Å². The molecule has 1 aromatic heterocycles. The molecule has 2 aliphatic heterocycles. The predicted octanol–water partition coefficient (Wildman–Crippen LogP) is 3.56. The van der Waals surface area contributed by atoms with Gasteiger partial charge >= 0.3 is 0 Å². The van der Waals surface area contributed by atoms with Gasteiger partial charge in [0.25, 0.3) is 5.91 Å². The molecule has 3 heterocycles. The summed E-state index contributed by atoms with van der Waals surface area (Å²) in [7, 11) is 3.79. The maximum Gasteiger partial charge on any atom is 0.253 e. The quantitative estimate of drug-likeness (QED) is 0.622. The summed E-state index contributed by atoms with van der Waals surface area (Å²) >= 11 is 0. The first-order valence-corrected chi connectivity index (χ1v) is 9.98. The molecule has 0 saturated carbocycles. The largest absolute Gasteiger partial charge is 0.367 e. The smallest absolute Gasteiger partial charge is 0.253 e. The molecular formula is C24H23N3O2. The number of nitrogens with zero attached hydrogens (tertiary/aromatic N) is 2. The molecule has 3 aromatic rings. The second kappa shape index (κ2) is 4.92. The average molecular weight is 385 g/mol. The number of carbonyl (C=O) groups excluding carboxylic acids is 1. The van der Waals surface area contributed by atoms with Crippen LogP contribution in [0.4, 0.5) is 5.69 Å². The summed E-state index contributed by atoms with van der Waals surface area (Å²) in [4.78, 5) is 21.0. The van der Waals surface area contributed by atoms with Crippen LogP contribution in [-0.2, 0) is 10.2 Å². The van der Waals surface area contributed by atoms with Crippen LogP contribution in [0.3, 0.4) is 0 Å². The number of aromatic amines is 1. The molecule has 0 bridgehead atoms. The Kier molecular flexibility index (Phi) is 2.86. The van der Waals surface area contributed by atoms with Crippen LogP contribution in [0.25, 0.3) is 16.5 Å².